The summed E-state index contributed by atoms with van der Waals surface area (Å²) in [4.78, 5) is 14.3. The molecule has 0 aromatic carbocycles. The van der Waals surface area contributed by atoms with Gasteiger partial charge in [-0.15, -0.1) is 0 Å². The Labute approximate surface area is 205 Å². The van der Waals surface area contributed by atoms with Crippen molar-refractivity contribution in [3.05, 3.63) is 46.8 Å². The molecule has 0 radical (unpaired) electrons. The maximum atomic E-state index is 13.6. The SMILES string of the molecule is Cc1nc2nc([C@H]3CCO[C@@H](c4cnn(C5CC5)c4)C3)nc(C34CC(C(F)(F)F)(C3)C4)c2cc1C#N. The topological polar surface area (TPSA) is 89.5 Å². The van der Waals surface area contributed by atoms with Gasteiger partial charge in [-0.05, 0) is 57.9 Å². The highest BCUT2D eigenvalue weighted by molar-refractivity contribution is 5.81. The lowest BCUT2D eigenvalue weighted by atomic mass is 9.33. The molecule has 2 atom stereocenters. The van der Waals surface area contributed by atoms with Crippen LogP contribution in [0.1, 0.15) is 91.3 Å². The predicted molar refractivity (Wildman–Crippen MR) is 122 cm³/mol. The number of fused-ring (bicyclic) bond motifs is 1. The zero-order valence-corrected chi connectivity index (χ0v) is 19.8. The van der Waals surface area contributed by atoms with Crippen LogP contribution in [0.5, 0.6) is 0 Å². The number of nitrogens with zero attached hydrogens (tertiary/aromatic N) is 6. The van der Waals surface area contributed by atoms with Gasteiger partial charge in [-0.3, -0.25) is 4.68 Å². The number of alkyl halides is 3. The second kappa shape index (κ2) is 7.25. The normalized spacial score (nSPS) is 31.5. The minimum Gasteiger partial charge on any atom is -0.373 e. The fourth-order valence-corrected chi connectivity index (χ4v) is 6.52. The smallest absolute Gasteiger partial charge is 0.373 e. The predicted octanol–water partition coefficient (Wildman–Crippen LogP) is 5.36. The Bertz CT molecular complexity index is 1420. The minimum absolute atomic E-state index is 0.00199. The molecule has 186 valence electrons. The van der Waals surface area contributed by atoms with Gasteiger partial charge in [0.1, 0.15) is 11.9 Å². The Morgan fingerprint density at radius 1 is 1.14 bits per heavy atom. The molecule has 2 bridgehead atoms. The van der Waals surface area contributed by atoms with Gasteiger partial charge in [-0.25, -0.2) is 15.0 Å². The van der Waals surface area contributed by atoms with Crippen molar-refractivity contribution in [3.63, 3.8) is 0 Å². The van der Waals surface area contributed by atoms with Gasteiger partial charge >= 0.3 is 6.18 Å². The van der Waals surface area contributed by atoms with Crippen molar-refractivity contribution in [1.29, 1.82) is 5.26 Å². The van der Waals surface area contributed by atoms with E-state index in [0.29, 0.717) is 52.9 Å². The van der Waals surface area contributed by atoms with Crippen molar-refractivity contribution in [2.24, 2.45) is 5.41 Å². The van der Waals surface area contributed by atoms with Crippen LogP contribution in [0.4, 0.5) is 13.2 Å². The summed E-state index contributed by atoms with van der Waals surface area (Å²) in [6.07, 6.45) is 3.44. The fraction of sp³-hybridized carbons (Fsp3) is 0.577. The zero-order valence-electron chi connectivity index (χ0n) is 19.8. The van der Waals surface area contributed by atoms with Crippen molar-refractivity contribution >= 4 is 11.0 Å². The van der Waals surface area contributed by atoms with Gasteiger partial charge in [0.05, 0.1) is 40.7 Å². The molecule has 5 aliphatic rings. The number of hydrogen-bond acceptors (Lipinski definition) is 6. The second-order valence-electron chi connectivity index (χ2n) is 11.2. The lowest BCUT2D eigenvalue weighted by Crippen LogP contribution is -2.70. The lowest BCUT2D eigenvalue weighted by molar-refractivity contribution is -0.337. The molecule has 0 amide bonds. The van der Waals surface area contributed by atoms with Crippen molar-refractivity contribution < 1.29 is 17.9 Å². The molecule has 7 nitrogen and oxygen atoms in total. The van der Waals surface area contributed by atoms with Crippen LogP contribution in [-0.4, -0.2) is 37.5 Å². The number of nitriles is 1. The summed E-state index contributed by atoms with van der Waals surface area (Å²) >= 11 is 0. The third-order valence-corrected chi connectivity index (χ3v) is 8.71. The Kier molecular flexibility index (Phi) is 4.46. The van der Waals surface area contributed by atoms with Crippen molar-refractivity contribution in [1.82, 2.24) is 24.7 Å². The van der Waals surface area contributed by atoms with Crippen molar-refractivity contribution in [2.75, 3.05) is 6.61 Å². The fourth-order valence-electron chi connectivity index (χ4n) is 6.52. The summed E-state index contributed by atoms with van der Waals surface area (Å²) in [6.45, 7) is 2.30. The van der Waals surface area contributed by atoms with E-state index in [0.717, 1.165) is 24.8 Å². The number of ether oxygens (including phenoxy) is 1. The van der Waals surface area contributed by atoms with Crippen LogP contribution < -0.4 is 0 Å². The summed E-state index contributed by atoms with van der Waals surface area (Å²) in [5.41, 5.74) is 0.867. The maximum absolute atomic E-state index is 13.6. The Morgan fingerprint density at radius 2 is 1.92 bits per heavy atom. The van der Waals surface area contributed by atoms with E-state index in [-0.39, 0.29) is 31.3 Å². The van der Waals surface area contributed by atoms with Gasteiger partial charge in [0.15, 0.2) is 5.65 Å². The van der Waals surface area contributed by atoms with Gasteiger partial charge < -0.3 is 4.74 Å². The van der Waals surface area contributed by atoms with E-state index in [1.165, 1.54) is 0 Å². The van der Waals surface area contributed by atoms with E-state index in [1.54, 1.807) is 13.0 Å². The molecule has 3 aromatic rings. The van der Waals surface area contributed by atoms with E-state index in [9.17, 15) is 18.4 Å². The van der Waals surface area contributed by atoms with Crippen LogP contribution in [0, 0.1) is 23.7 Å². The van der Waals surface area contributed by atoms with Gasteiger partial charge in [0.2, 0.25) is 0 Å². The molecular weight excluding hydrogens is 469 g/mol. The maximum Gasteiger partial charge on any atom is 0.394 e. The third-order valence-electron chi connectivity index (χ3n) is 8.71. The minimum atomic E-state index is -4.20. The van der Waals surface area contributed by atoms with Crippen molar-refractivity contribution in [3.8, 4) is 6.07 Å². The molecule has 8 rings (SSSR count). The van der Waals surface area contributed by atoms with E-state index in [4.69, 9.17) is 14.7 Å². The molecule has 4 heterocycles. The molecule has 4 aliphatic carbocycles. The van der Waals surface area contributed by atoms with Gasteiger partial charge in [-0.1, -0.05) is 0 Å². The molecule has 4 saturated carbocycles. The Balaban J connectivity index is 1.25. The monoisotopic (exact) mass is 494 g/mol. The first kappa shape index (κ1) is 22.2. The van der Waals surface area contributed by atoms with Gasteiger partial charge in [-0.2, -0.15) is 23.5 Å². The van der Waals surface area contributed by atoms with E-state index < -0.39 is 17.0 Å². The number of halogens is 3. The number of hydrogen-bond donors (Lipinski definition) is 0. The molecule has 5 fully saturated rings. The van der Waals surface area contributed by atoms with Crippen LogP contribution >= 0.6 is 0 Å². The number of aryl methyl sites for hydroxylation is 1. The van der Waals surface area contributed by atoms with Crippen molar-refractivity contribution in [2.45, 2.75) is 81.5 Å². The molecule has 1 aliphatic heterocycles. The van der Waals surface area contributed by atoms with Crippen LogP contribution in [-0.2, 0) is 10.2 Å². The summed E-state index contributed by atoms with van der Waals surface area (Å²) in [5.74, 6) is 0.612. The van der Waals surface area contributed by atoms with Gasteiger partial charge in [0, 0.05) is 35.1 Å². The quantitative estimate of drug-likeness (QED) is 0.485. The molecular formula is C26H25F3N6O. The summed E-state index contributed by atoms with van der Waals surface area (Å²) in [5, 5.41) is 14.6. The molecule has 0 unspecified atom stereocenters. The molecule has 0 spiro atoms. The number of pyridine rings is 1. The molecule has 0 N–H and O–H groups in total. The highest BCUT2D eigenvalue weighted by Crippen LogP contribution is 2.78. The third kappa shape index (κ3) is 3.14. The van der Waals surface area contributed by atoms with E-state index in [1.807, 2.05) is 10.9 Å². The van der Waals surface area contributed by atoms with E-state index >= 15 is 0 Å². The van der Waals surface area contributed by atoms with Crippen LogP contribution in [0.25, 0.3) is 11.0 Å². The molecule has 10 heteroatoms. The molecule has 3 aromatic heterocycles. The van der Waals surface area contributed by atoms with Gasteiger partial charge in [0.25, 0.3) is 0 Å². The Hall–Kier alpha value is -3.06. The largest absolute Gasteiger partial charge is 0.394 e. The lowest BCUT2D eigenvalue weighted by Gasteiger charge is -2.70. The van der Waals surface area contributed by atoms with Crippen LogP contribution in [0.15, 0.2) is 18.5 Å². The highest BCUT2D eigenvalue weighted by atomic mass is 19.4. The van der Waals surface area contributed by atoms with Crippen LogP contribution in [0.3, 0.4) is 0 Å². The second-order valence-corrected chi connectivity index (χ2v) is 11.2. The highest BCUT2D eigenvalue weighted by Gasteiger charge is 2.79. The molecule has 36 heavy (non-hydrogen) atoms. The number of aromatic nitrogens is 5. The average Bonchev–Trinajstić information content (AvgIpc) is 3.52. The first-order chi connectivity index (χ1) is 17.2. The first-order valence-corrected chi connectivity index (χ1v) is 12.5. The standard InChI is InChI=1S/C26H25F3N6O/c1-14-16(8-30)6-19-21(24-11-25(12-24,13-24)26(27,28)29)33-22(34-23(19)32-14)15-4-5-36-20(7-15)17-9-31-35(10-17)18-2-3-18/h6,9-10,15,18,20H,2-5,7,11-13H2,1H3/t15-,20+,24?,25?/m0/s1. The molecule has 1 saturated heterocycles. The summed E-state index contributed by atoms with van der Waals surface area (Å²) < 4.78 is 48.9. The number of rotatable bonds is 4. The van der Waals surface area contributed by atoms with Crippen LogP contribution in [0.2, 0.25) is 0 Å². The van der Waals surface area contributed by atoms with E-state index in [2.05, 4.69) is 22.3 Å². The first-order valence-electron chi connectivity index (χ1n) is 12.5. The summed E-state index contributed by atoms with van der Waals surface area (Å²) in [6, 6.07) is 4.34. The average molecular weight is 495 g/mol. The Morgan fingerprint density at radius 3 is 2.61 bits per heavy atom. The summed E-state index contributed by atoms with van der Waals surface area (Å²) in [7, 11) is 0. The zero-order chi connectivity index (χ0) is 24.9.